The number of fused-ring (bicyclic) bond motifs is 2. The number of amides is 1. The third-order valence-electron chi connectivity index (χ3n) is 3.99. The van der Waals surface area contributed by atoms with Gasteiger partial charge in [-0.25, -0.2) is 0 Å². The van der Waals surface area contributed by atoms with Crippen LogP contribution in [-0.2, 0) is 14.3 Å². The Bertz CT molecular complexity index is 562. The molecule has 6 heteroatoms. The van der Waals surface area contributed by atoms with E-state index in [1.807, 2.05) is 18.2 Å². The van der Waals surface area contributed by atoms with E-state index in [1.54, 1.807) is 6.07 Å². The van der Waals surface area contributed by atoms with Gasteiger partial charge in [-0.05, 0) is 40.9 Å². The standard InChI is InChI=1S/C14H14BrNO4/c15-7-3-1-2-4-8(7)16-13(17)11-9-5-6-10(20-9)12(11)14(18)19/h1-4,9-12H,5-6H2,(H,16,17)(H,18,19)/t9-,10-,11-,12-/m1/s1. The molecular weight excluding hydrogens is 326 g/mol. The zero-order chi connectivity index (χ0) is 14.3. The third kappa shape index (κ3) is 2.23. The molecule has 2 bridgehead atoms. The molecule has 0 saturated carbocycles. The van der Waals surface area contributed by atoms with Crippen molar-refractivity contribution in [1.29, 1.82) is 0 Å². The van der Waals surface area contributed by atoms with E-state index in [9.17, 15) is 14.7 Å². The molecule has 0 aromatic heterocycles. The fraction of sp³-hybridized carbons (Fsp3) is 0.429. The molecule has 5 nitrogen and oxygen atoms in total. The molecule has 1 aromatic carbocycles. The van der Waals surface area contributed by atoms with Crippen LogP contribution < -0.4 is 5.32 Å². The minimum atomic E-state index is -0.954. The zero-order valence-electron chi connectivity index (χ0n) is 10.6. The monoisotopic (exact) mass is 339 g/mol. The molecule has 2 heterocycles. The fourth-order valence-electron chi connectivity index (χ4n) is 3.10. The number of carboxylic acids is 1. The maximum Gasteiger partial charge on any atom is 0.310 e. The van der Waals surface area contributed by atoms with Gasteiger partial charge in [-0.15, -0.1) is 0 Å². The summed E-state index contributed by atoms with van der Waals surface area (Å²) < 4.78 is 6.36. The van der Waals surface area contributed by atoms with Crippen LogP contribution in [0.15, 0.2) is 28.7 Å². The van der Waals surface area contributed by atoms with Crippen molar-refractivity contribution in [2.24, 2.45) is 11.8 Å². The number of benzene rings is 1. The Morgan fingerprint density at radius 2 is 1.85 bits per heavy atom. The number of carbonyl (C=O) groups is 2. The number of para-hydroxylation sites is 1. The van der Waals surface area contributed by atoms with Crippen LogP contribution in [0.1, 0.15) is 12.8 Å². The lowest BCUT2D eigenvalue weighted by atomic mass is 9.78. The molecular formula is C14H14BrNO4. The molecule has 2 fully saturated rings. The van der Waals surface area contributed by atoms with Gasteiger partial charge in [-0.2, -0.15) is 0 Å². The normalized spacial score (nSPS) is 31.2. The van der Waals surface area contributed by atoms with E-state index in [-0.39, 0.29) is 18.1 Å². The Balaban J connectivity index is 1.80. The van der Waals surface area contributed by atoms with Gasteiger partial charge < -0.3 is 15.2 Å². The summed E-state index contributed by atoms with van der Waals surface area (Å²) in [7, 11) is 0. The lowest BCUT2D eigenvalue weighted by molar-refractivity contribution is -0.147. The average molecular weight is 340 g/mol. The van der Waals surface area contributed by atoms with Crippen LogP contribution >= 0.6 is 15.9 Å². The quantitative estimate of drug-likeness (QED) is 0.885. The third-order valence-corrected chi connectivity index (χ3v) is 4.68. The van der Waals surface area contributed by atoms with Crippen LogP contribution in [0, 0.1) is 11.8 Å². The van der Waals surface area contributed by atoms with Gasteiger partial charge in [0.2, 0.25) is 5.91 Å². The molecule has 4 atom stereocenters. The molecule has 2 aliphatic rings. The number of aliphatic carboxylic acids is 1. The summed E-state index contributed by atoms with van der Waals surface area (Å²) in [5.74, 6) is -2.59. The minimum Gasteiger partial charge on any atom is -0.481 e. The van der Waals surface area contributed by atoms with Crippen LogP contribution in [0.5, 0.6) is 0 Å². The molecule has 2 aliphatic heterocycles. The van der Waals surface area contributed by atoms with E-state index in [2.05, 4.69) is 21.2 Å². The Hall–Kier alpha value is -1.40. The first-order valence-electron chi connectivity index (χ1n) is 6.51. The molecule has 106 valence electrons. The highest BCUT2D eigenvalue weighted by Crippen LogP contribution is 2.44. The van der Waals surface area contributed by atoms with Crippen LogP contribution in [-0.4, -0.2) is 29.2 Å². The van der Waals surface area contributed by atoms with E-state index in [0.717, 1.165) is 17.3 Å². The van der Waals surface area contributed by atoms with E-state index in [0.29, 0.717) is 5.69 Å². The molecule has 2 saturated heterocycles. The number of hydrogen-bond donors (Lipinski definition) is 2. The van der Waals surface area contributed by atoms with Crippen molar-refractivity contribution in [3.8, 4) is 0 Å². The van der Waals surface area contributed by atoms with Crippen molar-refractivity contribution in [2.75, 3.05) is 5.32 Å². The molecule has 3 rings (SSSR count). The van der Waals surface area contributed by atoms with E-state index in [1.165, 1.54) is 0 Å². The largest absolute Gasteiger partial charge is 0.481 e. The van der Waals surface area contributed by atoms with Crippen molar-refractivity contribution in [1.82, 2.24) is 0 Å². The van der Waals surface area contributed by atoms with Crippen molar-refractivity contribution < 1.29 is 19.4 Å². The highest BCUT2D eigenvalue weighted by atomic mass is 79.9. The van der Waals surface area contributed by atoms with Gasteiger partial charge >= 0.3 is 5.97 Å². The molecule has 0 aliphatic carbocycles. The molecule has 20 heavy (non-hydrogen) atoms. The molecule has 0 unspecified atom stereocenters. The van der Waals surface area contributed by atoms with Crippen molar-refractivity contribution in [2.45, 2.75) is 25.0 Å². The highest BCUT2D eigenvalue weighted by Gasteiger charge is 2.55. The number of nitrogens with one attached hydrogen (secondary N) is 1. The first-order chi connectivity index (χ1) is 9.58. The topological polar surface area (TPSA) is 75.6 Å². The van der Waals surface area contributed by atoms with Crippen molar-refractivity contribution >= 4 is 33.5 Å². The van der Waals surface area contributed by atoms with Crippen LogP contribution in [0.4, 0.5) is 5.69 Å². The second kappa shape index (κ2) is 5.18. The molecule has 0 radical (unpaired) electrons. The molecule has 2 N–H and O–H groups in total. The second-order valence-corrected chi connectivity index (χ2v) is 6.00. The minimum absolute atomic E-state index is 0.274. The number of carboxylic acid groups (broad SMARTS) is 1. The van der Waals surface area contributed by atoms with Gasteiger partial charge in [0.15, 0.2) is 0 Å². The predicted octanol–water partition coefficient (Wildman–Crippen LogP) is 2.27. The number of rotatable bonds is 3. The summed E-state index contributed by atoms with van der Waals surface area (Å²) >= 11 is 3.36. The first kappa shape index (κ1) is 13.6. The van der Waals surface area contributed by atoms with Gasteiger partial charge in [0.05, 0.1) is 29.7 Å². The van der Waals surface area contributed by atoms with Gasteiger partial charge in [-0.1, -0.05) is 12.1 Å². The molecule has 1 aromatic rings. The summed E-state index contributed by atoms with van der Waals surface area (Å²) in [4.78, 5) is 23.8. The summed E-state index contributed by atoms with van der Waals surface area (Å²) in [5.41, 5.74) is 0.643. The smallest absolute Gasteiger partial charge is 0.310 e. The van der Waals surface area contributed by atoms with Crippen molar-refractivity contribution in [3.05, 3.63) is 28.7 Å². The van der Waals surface area contributed by atoms with Crippen LogP contribution in [0.25, 0.3) is 0 Å². The number of halogens is 1. The summed E-state index contributed by atoms with van der Waals surface area (Å²) in [6, 6.07) is 7.25. The highest BCUT2D eigenvalue weighted by molar-refractivity contribution is 9.10. The predicted molar refractivity (Wildman–Crippen MR) is 75.3 cm³/mol. The Labute approximate surface area is 124 Å². The fourth-order valence-corrected chi connectivity index (χ4v) is 3.49. The molecule has 0 spiro atoms. The van der Waals surface area contributed by atoms with Crippen LogP contribution in [0.2, 0.25) is 0 Å². The SMILES string of the molecule is O=C(O)[C@H]1[C@H](C(=O)Nc2ccccc2Br)[C@H]2CC[C@H]1O2. The Morgan fingerprint density at radius 1 is 1.20 bits per heavy atom. The summed E-state index contributed by atoms with van der Waals surface area (Å²) in [5, 5.41) is 12.1. The van der Waals surface area contributed by atoms with E-state index >= 15 is 0 Å². The zero-order valence-corrected chi connectivity index (χ0v) is 12.2. The van der Waals surface area contributed by atoms with E-state index < -0.39 is 17.8 Å². The van der Waals surface area contributed by atoms with E-state index in [4.69, 9.17) is 4.74 Å². The van der Waals surface area contributed by atoms with Gasteiger partial charge in [-0.3, -0.25) is 9.59 Å². The Morgan fingerprint density at radius 3 is 2.50 bits per heavy atom. The van der Waals surface area contributed by atoms with Gasteiger partial charge in [0.1, 0.15) is 0 Å². The average Bonchev–Trinajstić information content (AvgIpc) is 3.01. The van der Waals surface area contributed by atoms with Gasteiger partial charge in [0.25, 0.3) is 0 Å². The number of hydrogen-bond acceptors (Lipinski definition) is 3. The summed E-state index contributed by atoms with van der Waals surface area (Å²) in [6.45, 7) is 0. The lowest BCUT2D eigenvalue weighted by Gasteiger charge is -2.24. The molecule has 1 amide bonds. The van der Waals surface area contributed by atoms with Gasteiger partial charge in [0, 0.05) is 4.47 Å². The van der Waals surface area contributed by atoms with Crippen LogP contribution in [0.3, 0.4) is 0 Å². The maximum absolute atomic E-state index is 12.4. The second-order valence-electron chi connectivity index (χ2n) is 5.15. The maximum atomic E-state index is 12.4. The lowest BCUT2D eigenvalue weighted by Crippen LogP contribution is -2.41. The number of ether oxygens (including phenoxy) is 1. The first-order valence-corrected chi connectivity index (χ1v) is 7.31. The number of carbonyl (C=O) groups excluding carboxylic acids is 1. The van der Waals surface area contributed by atoms with Crippen molar-refractivity contribution in [3.63, 3.8) is 0 Å². The number of anilines is 1. The summed E-state index contributed by atoms with van der Waals surface area (Å²) in [6.07, 6.45) is 0.874. The Kier molecular flexibility index (Phi) is 3.52.